The largest absolute Gasteiger partial charge is 0.453 e. The van der Waals surface area contributed by atoms with Crippen molar-refractivity contribution >= 4 is 5.69 Å². The standard InChI is InChI=1S/C15H11FN2O3/c1-9-4-3-5-11(8-17)15(9)21-14-6-10(2)13(18(19)20)7-12(14)16/h3-7H,1-2H3. The number of benzene rings is 2. The van der Waals surface area contributed by atoms with Crippen LogP contribution in [0.4, 0.5) is 10.1 Å². The van der Waals surface area contributed by atoms with Gasteiger partial charge in [-0.3, -0.25) is 10.1 Å². The molecule has 0 unspecified atom stereocenters. The Labute approximate surface area is 120 Å². The Morgan fingerprint density at radius 3 is 2.62 bits per heavy atom. The van der Waals surface area contributed by atoms with Crippen LogP contribution in [0, 0.1) is 41.1 Å². The lowest BCUT2D eigenvalue weighted by Crippen LogP contribution is -1.97. The predicted molar refractivity (Wildman–Crippen MR) is 73.8 cm³/mol. The maximum absolute atomic E-state index is 13.9. The van der Waals surface area contributed by atoms with Crippen LogP contribution in [0.5, 0.6) is 11.5 Å². The van der Waals surface area contributed by atoms with Crippen LogP contribution < -0.4 is 4.74 Å². The van der Waals surface area contributed by atoms with E-state index < -0.39 is 10.7 Å². The molecule has 0 amide bonds. The molecule has 0 heterocycles. The van der Waals surface area contributed by atoms with E-state index in [9.17, 15) is 14.5 Å². The highest BCUT2D eigenvalue weighted by molar-refractivity contribution is 5.52. The van der Waals surface area contributed by atoms with Crippen molar-refractivity contribution in [3.8, 4) is 17.6 Å². The van der Waals surface area contributed by atoms with Crippen LogP contribution >= 0.6 is 0 Å². The number of hydrogen-bond acceptors (Lipinski definition) is 4. The molecule has 0 spiro atoms. The Morgan fingerprint density at radius 1 is 1.29 bits per heavy atom. The van der Waals surface area contributed by atoms with Crippen LogP contribution in [-0.4, -0.2) is 4.92 Å². The predicted octanol–water partition coefficient (Wildman–Crippen LogP) is 4.01. The zero-order valence-corrected chi connectivity index (χ0v) is 11.4. The van der Waals surface area contributed by atoms with Crippen LogP contribution in [0.25, 0.3) is 0 Å². The molecule has 21 heavy (non-hydrogen) atoms. The fraction of sp³-hybridized carbons (Fsp3) is 0.133. The average molecular weight is 286 g/mol. The molecule has 2 aromatic rings. The SMILES string of the molecule is Cc1cc(Oc2c(C)cccc2C#N)c(F)cc1[N+](=O)[O-]. The molecule has 106 valence electrons. The van der Waals surface area contributed by atoms with Crippen LogP contribution in [0.15, 0.2) is 30.3 Å². The van der Waals surface area contributed by atoms with Crippen LogP contribution in [0.3, 0.4) is 0 Å². The van der Waals surface area contributed by atoms with Gasteiger partial charge in [0.1, 0.15) is 11.8 Å². The van der Waals surface area contributed by atoms with Gasteiger partial charge < -0.3 is 4.74 Å². The van der Waals surface area contributed by atoms with Gasteiger partial charge in [-0.05, 0) is 31.5 Å². The Hall–Kier alpha value is -2.94. The Balaban J connectivity index is 2.49. The maximum atomic E-state index is 13.9. The fourth-order valence-corrected chi connectivity index (χ4v) is 1.91. The summed E-state index contributed by atoms with van der Waals surface area (Å²) in [5, 5.41) is 19.8. The van der Waals surface area contributed by atoms with Gasteiger partial charge in [0.2, 0.25) is 0 Å². The second kappa shape index (κ2) is 5.59. The molecule has 5 nitrogen and oxygen atoms in total. The summed E-state index contributed by atoms with van der Waals surface area (Å²) in [5.74, 6) is -0.754. The van der Waals surface area contributed by atoms with E-state index in [1.54, 1.807) is 25.1 Å². The molecule has 2 aromatic carbocycles. The number of aryl methyl sites for hydroxylation is 2. The first-order valence-electron chi connectivity index (χ1n) is 6.06. The molecular weight excluding hydrogens is 275 g/mol. The number of rotatable bonds is 3. The third-order valence-electron chi connectivity index (χ3n) is 2.99. The lowest BCUT2D eigenvalue weighted by Gasteiger charge is -2.11. The molecule has 0 atom stereocenters. The molecule has 6 heteroatoms. The van der Waals surface area contributed by atoms with Gasteiger partial charge in [0.25, 0.3) is 5.69 Å². The lowest BCUT2D eigenvalue weighted by atomic mass is 10.1. The highest BCUT2D eigenvalue weighted by Crippen LogP contribution is 2.33. The van der Waals surface area contributed by atoms with E-state index in [1.165, 1.54) is 13.0 Å². The first-order valence-corrected chi connectivity index (χ1v) is 6.06. The molecule has 2 rings (SSSR count). The smallest absolute Gasteiger partial charge is 0.275 e. The van der Waals surface area contributed by atoms with E-state index in [0.717, 1.165) is 6.07 Å². The minimum atomic E-state index is -0.848. The van der Waals surface area contributed by atoms with Gasteiger partial charge in [0.15, 0.2) is 11.6 Å². The van der Waals surface area contributed by atoms with Gasteiger partial charge >= 0.3 is 0 Å². The summed E-state index contributed by atoms with van der Waals surface area (Å²) in [5.41, 5.74) is 0.906. The van der Waals surface area contributed by atoms with Crippen molar-refractivity contribution in [1.82, 2.24) is 0 Å². The van der Waals surface area contributed by atoms with Crippen molar-refractivity contribution < 1.29 is 14.1 Å². The van der Waals surface area contributed by atoms with Crippen molar-refractivity contribution in [1.29, 1.82) is 5.26 Å². The molecule has 0 aliphatic heterocycles. The first-order chi connectivity index (χ1) is 9.93. The highest BCUT2D eigenvalue weighted by atomic mass is 19.1. The minimum Gasteiger partial charge on any atom is -0.453 e. The molecule has 0 bridgehead atoms. The zero-order valence-electron chi connectivity index (χ0n) is 11.4. The summed E-state index contributed by atoms with van der Waals surface area (Å²) >= 11 is 0. The number of nitrogens with zero attached hydrogens (tertiary/aromatic N) is 2. The molecule has 0 fully saturated rings. The number of halogens is 1. The molecule has 0 aliphatic rings. The first kappa shape index (κ1) is 14.5. The Bertz CT molecular complexity index is 766. The van der Waals surface area contributed by atoms with Gasteiger partial charge in [-0.1, -0.05) is 12.1 Å². The number of nitro benzene ring substituents is 1. The summed E-state index contributed by atoms with van der Waals surface area (Å²) in [7, 11) is 0. The van der Waals surface area contributed by atoms with Gasteiger partial charge in [-0.15, -0.1) is 0 Å². The summed E-state index contributed by atoms with van der Waals surface area (Å²) in [6.07, 6.45) is 0. The van der Waals surface area contributed by atoms with Gasteiger partial charge in [-0.2, -0.15) is 5.26 Å². The van der Waals surface area contributed by atoms with Gasteiger partial charge in [0, 0.05) is 5.56 Å². The van der Waals surface area contributed by atoms with Gasteiger partial charge in [-0.25, -0.2) is 4.39 Å². The monoisotopic (exact) mass is 286 g/mol. The molecule has 0 saturated carbocycles. The number of ether oxygens (including phenoxy) is 1. The number of nitriles is 1. The van der Waals surface area contributed by atoms with Crippen LogP contribution in [-0.2, 0) is 0 Å². The average Bonchev–Trinajstić information content (AvgIpc) is 2.44. The van der Waals surface area contributed by atoms with E-state index in [4.69, 9.17) is 10.00 Å². The molecule has 0 N–H and O–H groups in total. The molecule has 0 radical (unpaired) electrons. The van der Waals surface area contributed by atoms with Crippen molar-refractivity contribution in [2.45, 2.75) is 13.8 Å². The van der Waals surface area contributed by atoms with Crippen molar-refractivity contribution in [3.63, 3.8) is 0 Å². The van der Waals surface area contributed by atoms with Gasteiger partial charge in [0.05, 0.1) is 16.6 Å². The Morgan fingerprint density at radius 2 is 2.00 bits per heavy atom. The second-order valence-corrected chi connectivity index (χ2v) is 4.49. The van der Waals surface area contributed by atoms with Crippen molar-refractivity contribution in [2.24, 2.45) is 0 Å². The highest BCUT2D eigenvalue weighted by Gasteiger charge is 2.18. The van der Waals surface area contributed by atoms with Crippen LogP contribution in [0.2, 0.25) is 0 Å². The molecule has 0 aliphatic carbocycles. The zero-order chi connectivity index (χ0) is 15.6. The normalized spacial score (nSPS) is 10.0. The second-order valence-electron chi connectivity index (χ2n) is 4.49. The maximum Gasteiger partial charge on any atom is 0.275 e. The van der Waals surface area contributed by atoms with E-state index in [1.807, 2.05) is 6.07 Å². The molecule has 0 aromatic heterocycles. The number of nitro groups is 1. The fourth-order valence-electron chi connectivity index (χ4n) is 1.91. The van der Waals surface area contributed by atoms with Crippen molar-refractivity contribution in [2.75, 3.05) is 0 Å². The van der Waals surface area contributed by atoms with Crippen molar-refractivity contribution in [3.05, 3.63) is 63.0 Å². The number of para-hydroxylation sites is 1. The van der Waals surface area contributed by atoms with E-state index in [2.05, 4.69) is 0 Å². The summed E-state index contributed by atoms with van der Waals surface area (Å²) < 4.78 is 19.4. The van der Waals surface area contributed by atoms with E-state index in [0.29, 0.717) is 5.56 Å². The summed E-state index contributed by atoms with van der Waals surface area (Å²) in [6.45, 7) is 3.22. The topological polar surface area (TPSA) is 76.2 Å². The number of hydrogen-bond donors (Lipinski definition) is 0. The third-order valence-corrected chi connectivity index (χ3v) is 2.99. The van der Waals surface area contributed by atoms with E-state index in [-0.39, 0.29) is 28.3 Å². The van der Waals surface area contributed by atoms with Crippen LogP contribution in [0.1, 0.15) is 16.7 Å². The minimum absolute atomic E-state index is 0.149. The van der Waals surface area contributed by atoms with E-state index >= 15 is 0 Å². The molecule has 0 saturated heterocycles. The lowest BCUT2D eigenvalue weighted by molar-refractivity contribution is -0.385. The molecular formula is C15H11FN2O3. The quantitative estimate of drug-likeness (QED) is 0.630. The summed E-state index contributed by atoms with van der Waals surface area (Å²) in [6, 6.07) is 9.01. The summed E-state index contributed by atoms with van der Waals surface area (Å²) in [4.78, 5) is 10.1. The Kier molecular flexibility index (Phi) is 3.85. The third kappa shape index (κ3) is 2.82.